The molecule has 0 unspecified atom stereocenters. The van der Waals surface area contributed by atoms with Gasteiger partial charge in [-0.15, -0.1) is 0 Å². The Morgan fingerprint density at radius 2 is 0.632 bits per heavy atom. The van der Waals surface area contributed by atoms with Crippen LogP contribution in [-0.2, 0) is 43.6 Å². The molecule has 10 heterocycles. The van der Waals surface area contributed by atoms with Crippen molar-refractivity contribution >= 4 is 105 Å². The molecule has 0 saturated heterocycles. The molecule has 4 amide bonds. The third kappa shape index (κ3) is 31.4. The number of carbonyl (C=O) groups is 4. The molecule has 0 saturated carbocycles. The van der Waals surface area contributed by atoms with E-state index in [-0.39, 0.29) is 36.5 Å². The molecule has 0 radical (unpaired) electrons. The van der Waals surface area contributed by atoms with E-state index in [1.807, 2.05) is 249 Å². The molecule has 5 aromatic heterocycles. The second-order valence-electron chi connectivity index (χ2n) is 33.8. The van der Waals surface area contributed by atoms with Crippen molar-refractivity contribution in [2.75, 3.05) is 109 Å². The summed E-state index contributed by atoms with van der Waals surface area (Å²) in [6, 6.07) is 85.7. The van der Waals surface area contributed by atoms with Gasteiger partial charge in [0.05, 0.1) is 62.0 Å². The zero-order valence-corrected chi connectivity index (χ0v) is 80.1. The summed E-state index contributed by atoms with van der Waals surface area (Å²) in [7, 11) is 5.89. The number of hydrogen-bond donors (Lipinski definition) is 9. The van der Waals surface area contributed by atoms with Crippen LogP contribution in [0.15, 0.2) is 359 Å². The first kappa shape index (κ1) is 99.3. The van der Waals surface area contributed by atoms with E-state index < -0.39 is 0 Å². The quantitative estimate of drug-likeness (QED) is 0.0689. The monoisotopic (exact) mass is 1920 g/mol. The third-order valence-corrected chi connectivity index (χ3v) is 22.4. The summed E-state index contributed by atoms with van der Waals surface area (Å²) < 4.78 is 28.8. The normalized spacial score (nSPS) is 15.6. The van der Waals surface area contributed by atoms with E-state index in [4.69, 9.17) is 28.7 Å². The first-order valence-corrected chi connectivity index (χ1v) is 47.5. The molecule has 726 valence electrons. The average molecular weight is 1920 g/mol. The number of nitrogens with one attached hydrogen (secondary N) is 9. The van der Waals surface area contributed by atoms with Gasteiger partial charge in [0.15, 0.2) is 11.5 Å². The van der Waals surface area contributed by atoms with E-state index >= 15 is 0 Å². The molecule has 5 aliphatic rings. The van der Waals surface area contributed by atoms with E-state index in [9.17, 15) is 19.2 Å². The van der Waals surface area contributed by atoms with Gasteiger partial charge in [-0.2, -0.15) is 0 Å². The number of fused-ring (bicyclic) bond motifs is 35. The van der Waals surface area contributed by atoms with Crippen molar-refractivity contribution in [1.82, 2.24) is 59.6 Å². The van der Waals surface area contributed by atoms with Crippen LogP contribution in [0, 0.1) is 0 Å². The largest absolute Gasteiger partial charge is 0.493 e. The summed E-state index contributed by atoms with van der Waals surface area (Å²) in [6.45, 7) is 6.21. The van der Waals surface area contributed by atoms with Crippen molar-refractivity contribution in [2.45, 2.75) is 71.1 Å². The fourth-order valence-electron chi connectivity index (χ4n) is 15.5. The van der Waals surface area contributed by atoms with Crippen molar-refractivity contribution in [1.29, 1.82) is 0 Å². The minimum atomic E-state index is -0.161. The number of methoxy groups -OCH3 is 1. The highest BCUT2D eigenvalue weighted by atomic mass is 16.5. The highest BCUT2D eigenvalue weighted by Gasteiger charge is 2.18. The second kappa shape index (κ2) is 51.8. The predicted molar refractivity (Wildman–Crippen MR) is 568 cm³/mol. The topological polar surface area (TPSA) is 358 Å². The molecule has 9 N–H and O–H groups in total. The van der Waals surface area contributed by atoms with Crippen molar-refractivity contribution in [3.8, 4) is 79.3 Å². The van der Waals surface area contributed by atoms with E-state index in [1.54, 1.807) is 56.3 Å². The Morgan fingerprint density at radius 3 is 1.07 bits per heavy atom. The van der Waals surface area contributed by atoms with Crippen LogP contribution in [-0.4, -0.2) is 144 Å². The molecule has 15 aromatic rings. The number of anilines is 14. The van der Waals surface area contributed by atoms with E-state index in [0.29, 0.717) is 111 Å². The molecule has 0 aliphatic carbocycles. The van der Waals surface area contributed by atoms with Crippen molar-refractivity contribution in [2.24, 2.45) is 0 Å². The van der Waals surface area contributed by atoms with E-state index in [1.165, 1.54) is 11.1 Å². The predicted octanol–water partition coefficient (Wildman–Crippen LogP) is 22.7. The summed E-state index contributed by atoms with van der Waals surface area (Å²) in [4.78, 5) is 97.9. The number of rotatable bonds is 1. The minimum absolute atomic E-state index is 0.0216. The number of allylic oxidation sites excluding steroid dienone is 2. The van der Waals surface area contributed by atoms with Crippen LogP contribution in [0.5, 0.6) is 23.0 Å². The van der Waals surface area contributed by atoms with Gasteiger partial charge in [0.1, 0.15) is 18.1 Å². The second-order valence-corrected chi connectivity index (χ2v) is 33.8. The summed E-state index contributed by atoms with van der Waals surface area (Å²) in [6.07, 6.45) is 32.8. The number of carbonyl (C=O) groups excluding carboxylic acids is 4. The van der Waals surface area contributed by atoms with Crippen LogP contribution in [0.3, 0.4) is 0 Å². The van der Waals surface area contributed by atoms with Crippen molar-refractivity contribution in [3.63, 3.8) is 0 Å². The average Bonchev–Trinajstić information content (AvgIpc) is 0.835. The van der Waals surface area contributed by atoms with Gasteiger partial charge in [0.25, 0.3) is 0 Å². The number of likely N-dealkylation sites (N-methyl/N-ethyl adjacent to an activating group) is 2. The van der Waals surface area contributed by atoms with E-state index in [0.717, 1.165) is 152 Å². The first-order valence-electron chi connectivity index (χ1n) is 47.5. The van der Waals surface area contributed by atoms with Crippen LogP contribution in [0.1, 0.15) is 68.1 Å². The summed E-state index contributed by atoms with van der Waals surface area (Å²) >= 11 is 0. The molecule has 0 fully saturated rings. The molecule has 30 heteroatoms. The Bertz CT molecular complexity index is 7080. The maximum absolute atomic E-state index is 12.2. The van der Waals surface area contributed by atoms with Crippen LogP contribution in [0.4, 0.5) is 80.9 Å². The van der Waals surface area contributed by atoms with Gasteiger partial charge in [-0.05, 0) is 226 Å². The van der Waals surface area contributed by atoms with Gasteiger partial charge in [-0.1, -0.05) is 158 Å². The van der Waals surface area contributed by atoms with Crippen LogP contribution in [0.25, 0.3) is 56.3 Å². The minimum Gasteiger partial charge on any atom is -0.493 e. The van der Waals surface area contributed by atoms with Gasteiger partial charge in [0, 0.05) is 162 Å². The molecule has 0 atom stereocenters. The van der Waals surface area contributed by atoms with Crippen molar-refractivity contribution in [3.05, 3.63) is 375 Å². The fraction of sp³-hybridized carbons (Fsp3) is 0.175. The highest BCUT2D eigenvalue weighted by Crippen LogP contribution is 2.35. The Balaban J connectivity index is 0.000000129. The molecule has 144 heavy (non-hydrogen) atoms. The zero-order chi connectivity index (χ0) is 99.1. The standard InChI is InChI=1S/C24H26N4O2.C23H22N4O2.C23H24N4O.C22H19N5O2.C22H20N4O2/c1-28-13-4-3-5-14-30-23-16-19(9-10-22(23)29-2)21-11-12-25-24(27-21)26-20-8-6-7-18(15-20)17-28;28-22-10-2-1-3-13-29-16-17-6-4-8-19(14-17)26-23-24-12-11-21(27-23)18-7-5-9-20(15-18)25-22;1-27-13-3-2-4-14-28-21-10-6-8-19(16-21)22-11-12-24-23(26-22)25-20-9-5-7-18(15-20)17-27;28-20-9-1-2-10-21(29)25-17-7-4-8-18(14-17)26-22-23-12-11-19(27-22)15-5-3-6-16(13-15)24-20;27-21-10-2-1-3-13-28-19-9-4-6-16(14-19)20-11-12-23-22(26-20)25-18-8-5-7-17(15-18)24-21/h3-4,6-12,15-16H,5,13-14,17H2,1-2H3,(H,25,26,27);1,3-9,11-12,14-15H,2,10,13,16H2,(H,25,28)(H,24,26,27);2-3,5-12,15-16H,4,13-14,17H2,1H3,(H,24,25,26);1-8,11-14H,9-10H2,(H,24,28)(H,25,29)(H,23,26,27);1,3-9,11-12,14-15H,2,10,13H2,(H,24,27)(H,23,25,26)/b4-3+;3-1+;3-2+;2-1+;3-1+. The Hall–Kier alpha value is -17.7. The van der Waals surface area contributed by atoms with Gasteiger partial charge in [-0.3, -0.25) is 29.0 Å². The molecule has 30 nitrogen and oxygen atoms in total. The van der Waals surface area contributed by atoms with Gasteiger partial charge in [-0.25, -0.2) is 49.8 Å². The maximum atomic E-state index is 12.2. The van der Waals surface area contributed by atoms with Crippen molar-refractivity contribution < 1.29 is 42.9 Å². The number of nitrogens with zero attached hydrogens (tertiary/aromatic N) is 12. The van der Waals surface area contributed by atoms with Gasteiger partial charge < -0.3 is 71.5 Å². The Labute approximate surface area is 836 Å². The number of ether oxygens (including phenoxy) is 5. The number of aromatic nitrogens is 10. The lowest BCUT2D eigenvalue weighted by Crippen LogP contribution is -2.17. The molecule has 20 rings (SSSR count). The molecule has 10 aromatic carbocycles. The van der Waals surface area contributed by atoms with Gasteiger partial charge >= 0.3 is 0 Å². The van der Waals surface area contributed by atoms with Crippen LogP contribution < -0.4 is 66.8 Å². The fourth-order valence-corrected chi connectivity index (χ4v) is 15.5. The van der Waals surface area contributed by atoms with E-state index in [2.05, 4.69) is 177 Å². The number of benzene rings is 10. The lowest BCUT2D eigenvalue weighted by Gasteiger charge is -2.16. The summed E-state index contributed by atoms with van der Waals surface area (Å²) in [5.41, 5.74) is 19.4. The highest BCUT2D eigenvalue weighted by molar-refractivity contribution is 5.95. The molecule has 0 spiro atoms. The lowest BCUT2D eigenvalue weighted by molar-refractivity contribution is -0.116. The number of hydrogen-bond acceptors (Lipinski definition) is 26. The summed E-state index contributed by atoms with van der Waals surface area (Å²) in [5.74, 6) is 5.23. The zero-order valence-electron chi connectivity index (χ0n) is 80.1. The smallest absolute Gasteiger partial charge is 0.228 e. The summed E-state index contributed by atoms with van der Waals surface area (Å²) in [5, 5.41) is 27.8. The molecule has 30 bridgehead atoms. The first-order chi connectivity index (χ1) is 70.6. The lowest BCUT2D eigenvalue weighted by atomic mass is 10.1. The Kier molecular flexibility index (Phi) is 35.7. The third-order valence-electron chi connectivity index (χ3n) is 22.4. The molecular formula is C114H111N21O9. The SMILES string of the molecule is CN1C/C=C/CCOc2cccc(c2)-c2ccnc(n2)Nc2cccc(c2)C1.COc1ccc2cc1OCC/C=C/CN(C)Cc1cccc(c1)Nc1nccc-2n1.O=C1C/C=C/CC(=O)Nc2cccc(c2)-c2ccnc(n2)Nc2cccc(c2)N1.O=C1CC/C=C/COCc2cccc(c2)Nc2nccc(n2)-c2cccc(c2)N1.O=C1CC/C=C/COc2cccc(c2)-c2ccnc(n2)Nc2cccc(c2)N1. The van der Waals surface area contributed by atoms with Gasteiger partial charge in [0.2, 0.25) is 53.4 Å². The molecular weight excluding hydrogens is 1810 g/mol. The molecule has 5 aliphatic heterocycles. The Morgan fingerprint density at radius 1 is 0.292 bits per heavy atom. The number of amides is 4. The van der Waals surface area contributed by atoms with Crippen LogP contribution in [0.2, 0.25) is 0 Å². The van der Waals surface area contributed by atoms with Crippen LogP contribution >= 0.6 is 0 Å². The maximum Gasteiger partial charge on any atom is 0.228 e.